The number of hydrogen-bond acceptors (Lipinski definition) is 7. The zero-order chi connectivity index (χ0) is 22.4. The van der Waals surface area contributed by atoms with Gasteiger partial charge in [-0.25, -0.2) is 4.79 Å². The minimum Gasteiger partial charge on any atom is -0.468 e. The molecule has 0 amide bonds. The molecule has 0 saturated carbocycles. The number of esters is 1. The van der Waals surface area contributed by atoms with Gasteiger partial charge in [-0.3, -0.25) is 28.8 Å². The summed E-state index contributed by atoms with van der Waals surface area (Å²) in [6.07, 6.45) is 0.687. The zero-order valence-corrected chi connectivity index (χ0v) is 17.7. The summed E-state index contributed by atoms with van der Waals surface area (Å²) in [4.78, 5) is 50.1. The molecule has 162 valence electrons. The molecule has 9 heteroatoms. The van der Waals surface area contributed by atoms with Gasteiger partial charge in [0.05, 0.1) is 20.2 Å². The number of carbonyl (C=O) groups is 2. The van der Waals surface area contributed by atoms with E-state index in [0.717, 1.165) is 10.1 Å². The van der Waals surface area contributed by atoms with Gasteiger partial charge >= 0.3 is 11.7 Å². The number of rotatable bonds is 9. The van der Waals surface area contributed by atoms with Crippen molar-refractivity contribution in [2.45, 2.75) is 32.9 Å². The molecule has 9 nitrogen and oxygen atoms in total. The average Bonchev–Trinajstić information content (AvgIpc) is 2.75. The maximum absolute atomic E-state index is 12.9. The van der Waals surface area contributed by atoms with Crippen molar-refractivity contribution in [1.82, 2.24) is 14.5 Å². The van der Waals surface area contributed by atoms with Crippen LogP contribution in [-0.2, 0) is 23.1 Å². The Kier molecular flexibility index (Phi) is 7.71. The van der Waals surface area contributed by atoms with E-state index >= 15 is 0 Å². The lowest BCUT2D eigenvalue weighted by Gasteiger charge is -2.22. The van der Waals surface area contributed by atoms with Crippen LogP contribution in [0.5, 0.6) is 0 Å². The number of nitrogens with two attached hydrogens (primary N) is 1. The Morgan fingerprint density at radius 1 is 1.20 bits per heavy atom. The minimum absolute atomic E-state index is 0.0857. The average molecular weight is 416 g/mol. The van der Waals surface area contributed by atoms with Crippen LogP contribution in [0.25, 0.3) is 0 Å². The molecule has 2 rings (SSSR count). The van der Waals surface area contributed by atoms with Gasteiger partial charge in [0.25, 0.3) is 5.56 Å². The maximum Gasteiger partial charge on any atom is 0.332 e. The first-order valence-corrected chi connectivity index (χ1v) is 9.70. The van der Waals surface area contributed by atoms with E-state index in [2.05, 4.69) is 5.32 Å². The van der Waals surface area contributed by atoms with Crippen LogP contribution < -0.4 is 22.3 Å². The van der Waals surface area contributed by atoms with Crippen LogP contribution in [0.4, 0.5) is 5.82 Å². The molecule has 3 N–H and O–H groups in total. The summed E-state index contributed by atoms with van der Waals surface area (Å²) in [6.45, 7) is 3.59. The van der Waals surface area contributed by atoms with Gasteiger partial charge in [0, 0.05) is 7.05 Å². The van der Waals surface area contributed by atoms with E-state index in [9.17, 15) is 19.2 Å². The number of nitrogen functional groups attached to an aromatic ring is 1. The van der Waals surface area contributed by atoms with Gasteiger partial charge in [-0.2, -0.15) is 0 Å². The number of Topliss-reactive ketones (excluding diaryl/α,β-unsaturated/α-hetero) is 1. The quantitative estimate of drug-likeness (QED) is 0.451. The number of anilines is 1. The molecule has 2 aromatic rings. The molecular weight excluding hydrogens is 388 g/mol. The van der Waals surface area contributed by atoms with Crippen LogP contribution in [0.3, 0.4) is 0 Å². The van der Waals surface area contributed by atoms with E-state index in [1.807, 2.05) is 44.2 Å². The molecule has 0 fully saturated rings. The van der Waals surface area contributed by atoms with Crippen molar-refractivity contribution in [3.63, 3.8) is 0 Å². The Morgan fingerprint density at radius 2 is 1.83 bits per heavy atom. The number of nitrogens with one attached hydrogen (secondary N) is 1. The molecule has 1 aromatic carbocycles. The first-order valence-electron chi connectivity index (χ1n) is 9.70. The topological polar surface area (TPSA) is 125 Å². The second kappa shape index (κ2) is 10.0. The molecule has 0 bridgehead atoms. The van der Waals surface area contributed by atoms with Gasteiger partial charge in [-0.15, -0.1) is 0 Å². The molecule has 30 heavy (non-hydrogen) atoms. The lowest BCUT2D eigenvalue weighted by atomic mass is 9.99. The fraction of sp³-hybridized carbons (Fsp3) is 0.429. The number of methoxy groups -OCH3 is 1. The molecule has 2 atom stereocenters. The fourth-order valence-electron chi connectivity index (χ4n) is 3.13. The molecule has 0 radical (unpaired) electrons. The van der Waals surface area contributed by atoms with Crippen molar-refractivity contribution in [3.8, 4) is 0 Å². The fourth-order valence-corrected chi connectivity index (χ4v) is 3.13. The van der Waals surface area contributed by atoms with E-state index in [-0.39, 0.29) is 30.4 Å². The van der Waals surface area contributed by atoms with Crippen LogP contribution in [0.1, 0.15) is 36.2 Å². The molecule has 0 spiro atoms. The number of nitrogens with zero attached hydrogens (tertiary/aromatic N) is 2. The Balaban J connectivity index is 2.38. The lowest BCUT2D eigenvalue weighted by molar-refractivity contribution is -0.144. The second-order valence-electron chi connectivity index (χ2n) is 7.17. The van der Waals surface area contributed by atoms with E-state index in [1.165, 1.54) is 18.7 Å². The number of ketones is 1. The second-order valence-corrected chi connectivity index (χ2v) is 7.17. The summed E-state index contributed by atoms with van der Waals surface area (Å²) in [5, 5.41) is 2.86. The molecular formula is C21H28N4O5. The van der Waals surface area contributed by atoms with Gasteiger partial charge in [-0.05, 0) is 11.5 Å². The standard InChI is InChI=1S/C21H28N4O5/c1-5-13(2)17(20(28)30-4)23-11-15(26)16-18(22)25(21(29)24(3)19(16)27)12-14-9-7-6-8-10-14/h6-10,13,17,23H,5,11-12,22H2,1-4H3. The highest BCUT2D eigenvalue weighted by molar-refractivity contribution is 6.01. The van der Waals surface area contributed by atoms with Crippen LogP contribution in [0.15, 0.2) is 39.9 Å². The van der Waals surface area contributed by atoms with E-state index in [1.54, 1.807) is 0 Å². The summed E-state index contributed by atoms with van der Waals surface area (Å²) < 4.78 is 6.84. The summed E-state index contributed by atoms with van der Waals surface area (Å²) in [6, 6.07) is 8.39. The summed E-state index contributed by atoms with van der Waals surface area (Å²) in [5.74, 6) is -1.38. The molecule has 0 aliphatic rings. The van der Waals surface area contributed by atoms with Gasteiger partial charge in [0.1, 0.15) is 17.4 Å². The van der Waals surface area contributed by atoms with Crippen molar-refractivity contribution in [1.29, 1.82) is 0 Å². The Hall–Kier alpha value is -3.20. The van der Waals surface area contributed by atoms with Crippen LogP contribution in [0.2, 0.25) is 0 Å². The van der Waals surface area contributed by atoms with Crippen molar-refractivity contribution >= 4 is 17.6 Å². The normalized spacial score (nSPS) is 12.9. The van der Waals surface area contributed by atoms with Crippen molar-refractivity contribution in [2.24, 2.45) is 13.0 Å². The molecule has 1 aromatic heterocycles. The van der Waals surface area contributed by atoms with Crippen LogP contribution in [0, 0.1) is 5.92 Å². The predicted molar refractivity (Wildman–Crippen MR) is 113 cm³/mol. The zero-order valence-electron chi connectivity index (χ0n) is 17.7. The first kappa shape index (κ1) is 23.1. The van der Waals surface area contributed by atoms with Gasteiger partial charge in [0.15, 0.2) is 5.78 Å². The minimum atomic E-state index is -0.772. The van der Waals surface area contributed by atoms with E-state index in [4.69, 9.17) is 10.5 Å². The van der Waals surface area contributed by atoms with Crippen LogP contribution >= 0.6 is 0 Å². The SMILES string of the molecule is CCC(C)C(NCC(=O)c1c(N)n(Cc2ccccc2)c(=O)n(C)c1=O)C(=O)OC. The summed E-state index contributed by atoms with van der Waals surface area (Å²) in [5.41, 5.74) is 5.22. The Morgan fingerprint density at radius 3 is 2.40 bits per heavy atom. The molecule has 2 unspecified atom stereocenters. The highest BCUT2D eigenvalue weighted by Gasteiger charge is 2.27. The van der Waals surface area contributed by atoms with Crippen LogP contribution in [-0.4, -0.2) is 40.6 Å². The Labute approximate surface area is 174 Å². The summed E-state index contributed by atoms with van der Waals surface area (Å²) >= 11 is 0. The van der Waals surface area contributed by atoms with Gasteiger partial charge in [0.2, 0.25) is 0 Å². The van der Waals surface area contributed by atoms with Crippen molar-refractivity contribution in [3.05, 3.63) is 62.3 Å². The first-order chi connectivity index (χ1) is 14.2. The number of ether oxygens (including phenoxy) is 1. The third-order valence-corrected chi connectivity index (χ3v) is 5.20. The summed E-state index contributed by atoms with van der Waals surface area (Å²) in [7, 11) is 2.57. The number of aromatic nitrogens is 2. The van der Waals surface area contributed by atoms with Gasteiger partial charge in [-0.1, -0.05) is 50.6 Å². The molecule has 0 saturated heterocycles. The van der Waals surface area contributed by atoms with E-state index in [0.29, 0.717) is 6.42 Å². The largest absolute Gasteiger partial charge is 0.468 e. The van der Waals surface area contributed by atoms with Crippen molar-refractivity contribution < 1.29 is 14.3 Å². The third kappa shape index (κ3) is 4.85. The number of carbonyl (C=O) groups excluding carboxylic acids is 2. The third-order valence-electron chi connectivity index (χ3n) is 5.20. The lowest BCUT2D eigenvalue weighted by Crippen LogP contribution is -2.47. The Bertz CT molecular complexity index is 1030. The number of benzene rings is 1. The smallest absolute Gasteiger partial charge is 0.332 e. The maximum atomic E-state index is 12.9. The molecule has 0 aliphatic carbocycles. The van der Waals surface area contributed by atoms with Gasteiger partial charge < -0.3 is 10.5 Å². The highest BCUT2D eigenvalue weighted by atomic mass is 16.5. The highest BCUT2D eigenvalue weighted by Crippen LogP contribution is 2.11. The monoisotopic (exact) mass is 416 g/mol. The predicted octanol–water partition coefficient (Wildman–Crippen LogP) is 0.538. The number of hydrogen-bond donors (Lipinski definition) is 2. The molecule has 0 aliphatic heterocycles. The van der Waals surface area contributed by atoms with E-state index < -0.39 is 29.0 Å². The van der Waals surface area contributed by atoms with Crippen molar-refractivity contribution in [2.75, 3.05) is 19.4 Å². The molecule has 1 heterocycles.